The highest BCUT2D eigenvalue weighted by molar-refractivity contribution is 5.56. The van der Waals surface area contributed by atoms with E-state index in [1.807, 2.05) is 0 Å². The molecule has 0 saturated carbocycles. The summed E-state index contributed by atoms with van der Waals surface area (Å²) in [5, 5.41) is 9.89. The van der Waals surface area contributed by atoms with Crippen molar-refractivity contribution in [2.24, 2.45) is 11.5 Å². The molecule has 15 heavy (non-hydrogen) atoms. The molecule has 5 nitrogen and oxygen atoms in total. The summed E-state index contributed by atoms with van der Waals surface area (Å²) in [5.41, 5.74) is 12.1. The monoisotopic (exact) mass is 212 g/mol. The second-order valence-corrected chi connectivity index (χ2v) is 3.00. The van der Waals surface area contributed by atoms with Gasteiger partial charge in [-0.1, -0.05) is 0 Å². The first-order valence-electron chi connectivity index (χ1n) is 4.55. The number of benzene rings is 1. The summed E-state index contributed by atoms with van der Waals surface area (Å²) in [5.74, 6) is 1.06. The second-order valence-electron chi connectivity index (χ2n) is 3.00. The van der Waals surface area contributed by atoms with Gasteiger partial charge in [-0.05, 0) is 0 Å². The Morgan fingerprint density at radius 2 is 1.47 bits per heavy atom. The van der Waals surface area contributed by atoms with Crippen LogP contribution >= 0.6 is 0 Å². The quantitative estimate of drug-likeness (QED) is 0.669. The lowest BCUT2D eigenvalue weighted by Gasteiger charge is -2.15. The molecule has 0 aliphatic heterocycles. The molecule has 0 unspecified atom stereocenters. The van der Waals surface area contributed by atoms with Crippen LogP contribution in [-0.4, -0.2) is 19.3 Å². The number of hydrogen-bond acceptors (Lipinski definition) is 5. The van der Waals surface area contributed by atoms with Crippen LogP contribution in [0.5, 0.6) is 17.2 Å². The van der Waals surface area contributed by atoms with Gasteiger partial charge in [-0.25, -0.2) is 0 Å². The molecule has 0 heterocycles. The summed E-state index contributed by atoms with van der Waals surface area (Å²) in [4.78, 5) is 0. The van der Waals surface area contributed by atoms with Crippen LogP contribution in [0.15, 0.2) is 6.07 Å². The van der Waals surface area contributed by atoms with Crippen LogP contribution in [0.1, 0.15) is 11.1 Å². The standard InChI is InChI=1S/C10H16N2O3/c1-14-8-3-9(15-2)7(5-12)10(13)6(8)4-11/h3,13H,4-5,11-12H2,1-2H3. The van der Waals surface area contributed by atoms with Gasteiger partial charge in [0.2, 0.25) is 0 Å². The minimum Gasteiger partial charge on any atom is -0.507 e. The molecule has 0 saturated heterocycles. The normalized spacial score (nSPS) is 10.1. The molecule has 1 rings (SSSR count). The third kappa shape index (κ3) is 1.98. The lowest BCUT2D eigenvalue weighted by Crippen LogP contribution is -2.06. The molecule has 0 aromatic heterocycles. The van der Waals surface area contributed by atoms with E-state index in [-0.39, 0.29) is 18.8 Å². The van der Waals surface area contributed by atoms with Gasteiger partial charge in [-0.15, -0.1) is 0 Å². The predicted octanol–water partition coefficient (Wildman–Crippen LogP) is 0.327. The van der Waals surface area contributed by atoms with E-state index < -0.39 is 0 Å². The first-order chi connectivity index (χ1) is 7.19. The van der Waals surface area contributed by atoms with Gasteiger partial charge in [0, 0.05) is 19.2 Å². The maximum Gasteiger partial charge on any atom is 0.131 e. The number of methoxy groups -OCH3 is 2. The van der Waals surface area contributed by atoms with Crippen LogP contribution in [0.3, 0.4) is 0 Å². The van der Waals surface area contributed by atoms with E-state index in [2.05, 4.69) is 0 Å². The summed E-state index contributed by atoms with van der Waals surface area (Å²) in [6, 6.07) is 1.67. The van der Waals surface area contributed by atoms with Gasteiger partial charge < -0.3 is 26.0 Å². The third-order valence-electron chi connectivity index (χ3n) is 2.28. The number of nitrogens with two attached hydrogens (primary N) is 2. The van der Waals surface area contributed by atoms with Crippen molar-refractivity contribution in [3.05, 3.63) is 17.2 Å². The van der Waals surface area contributed by atoms with Crippen molar-refractivity contribution in [3.8, 4) is 17.2 Å². The van der Waals surface area contributed by atoms with E-state index in [0.29, 0.717) is 22.6 Å². The van der Waals surface area contributed by atoms with Crippen molar-refractivity contribution in [1.82, 2.24) is 0 Å². The Balaban J connectivity index is 3.41. The first-order valence-corrected chi connectivity index (χ1v) is 4.55. The maximum atomic E-state index is 9.89. The van der Waals surface area contributed by atoms with Crippen LogP contribution < -0.4 is 20.9 Å². The molecule has 0 aliphatic rings. The van der Waals surface area contributed by atoms with E-state index in [1.165, 1.54) is 14.2 Å². The fourth-order valence-electron chi connectivity index (χ4n) is 1.47. The van der Waals surface area contributed by atoms with Gasteiger partial charge in [0.1, 0.15) is 17.2 Å². The van der Waals surface area contributed by atoms with Crippen molar-refractivity contribution in [1.29, 1.82) is 0 Å². The lowest BCUT2D eigenvalue weighted by molar-refractivity contribution is 0.374. The number of ether oxygens (including phenoxy) is 2. The molecule has 1 aromatic rings. The second kappa shape index (κ2) is 4.86. The average molecular weight is 212 g/mol. The molecular formula is C10H16N2O3. The van der Waals surface area contributed by atoms with Crippen LogP contribution in [-0.2, 0) is 13.1 Å². The summed E-state index contributed by atoms with van der Waals surface area (Å²) < 4.78 is 10.2. The molecule has 5 heteroatoms. The van der Waals surface area contributed by atoms with Crippen molar-refractivity contribution >= 4 is 0 Å². The molecule has 5 N–H and O–H groups in total. The Hall–Kier alpha value is -1.46. The van der Waals surface area contributed by atoms with E-state index >= 15 is 0 Å². The molecule has 84 valence electrons. The number of phenolic OH excluding ortho intramolecular Hbond substituents is 1. The highest BCUT2D eigenvalue weighted by Crippen LogP contribution is 2.37. The van der Waals surface area contributed by atoms with Crippen LogP contribution in [0, 0.1) is 0 Å². The Bertz CT molecular complexity index is 323. The SMILES string of the molecule is COc1cc(OC)c(CN)c(O)c1CN. The summed E-state index contributed by atoms with van der Waals surface area (Å²) >= 11 is 0. The predicted molar refractivity (Wildman–Crippen MR) is 57.0 cm³/mol. The van der Waals surface area contributed by atoms with Crippen molar-refractivity contribution < 1.29 is 14.6 Å². The fraction of sp³-hybridized carbons (Fsp3) is 0.400. The first kappa shape index (κ1) is 11.6. The maximum absolute atomic E-state index is 9.89. The summed E-state index contributed by atoms with van der Waals surface area (Å²) in [6.45, 7) is 0.373. The molecule has 0 fully saturated rings. The highest BCUT2D eigenvalue weighted by Gasteiger charge is 2.16. The lowest BCUT2D eigenvalue weighted by atomic mass is 10.1. The van der Waals surface area contributed by atoms with Crippen LogP contribution in [0.4, 0.5) is 0 Å². The number of phenols is 1. The minimum atomic E-state index is 0.0520. The molecular weight excluding hydrogens is 196 g/mol. The Morgan fingerprint density at radius 1 is 1.07 bits per heavy atom. The summed E-state index contributed by atoms with van der Waals surface area (Å²) in [6.07, 6.45) is 0. The van der Waals surface area contributed by atoms with E-state index in [0.717, 1.165) is 0 Å². The number of hydrogen-bond donors (Lipinski definition) is 3. The number of rotatable bonds is 4. The zero-order chi connectivity index (χ0) is 11.4. The Kier molecular flexibility index (Phi) is 3.76. The topological polar surface area (TPSA) is 90.7 Å². The largest absolute Gasteiger partial charge is 0.507 e. The van der Waals surface area contributed by atoms with Crippen LogP contribution in [0.25, 0.3) is 0 Å². The minimum absolute atomic E-state index is 0.0520. The van der Waals surface area contributed by atoms with E-state index in [1.54, 1.807) is 6.07 Å². The summed E-state index contributed by atoms with van der Waals surface area (Å²) in [7, 11) is 3.02. The van der Waals surface area contributed by atoms with Crippen molar-refractivity contribution in [3.63, 3.8) is 0 Å². The van der Waals surface area contributed by atoms with Gasteiger partial charge in [0.05, 0.1) is 25.3 Å². The fourth-order valence-corrected chi connectivity index (χ4v) is 1.47. The third-order valence-corrected chi connectivity index (χ3v) is 2.28. The van der Waals surface area contributed by atoms with Gasteiger partial charge in [0.25, 0.3) is 0 Å². The molecule has 0 atom stereocenters. The Morgan fingerprint density at radius 3 is 1.73 bits per heavy atom. The zero-order valence-electron chi connectivity index (χ0n) is 8.91. The van der Waals surface area contributed by atoms with Gasteiger partial charge in [-0.2, -0.15) is 0 Å². The van der Waals surface area contributed by atoms with Crippen molar-refractivity contribution in [2.75, 3.05) is 14.2 Å². The molecule has 0 aliphatic carbocycles. The molecule has 0 radical (unpaired) electrons. The van der Waals surface area contributed by atoms with E-state index in [9.17, 15) is 5.11 Å². The highest BCUT2D eigenvalue weighted by atomic mass is 16.5. The molecule has 1 aromatic carbocycles. The smallest absolute Gasteiger partial charge is 0.131 e. The van der Waals surface area contributed by atoms with Gasteiger partial charge in [-0.3, -0.25) is 0 Å². The Labute approximate surface area is 88.6 Å². The average Bonchev–Trinajstić information content (AvgIpc) is 2.27. The van der Waals surface area contributed by atoms with Gasteiger partial charge >= 0.3 is 0 Å². The van der Waals surface area contributed by atoms with Crippen molar-refractivity contribution in [2.45, 2.75) is 13.1 Å². The molecule has 0 spiro atoms. The van der Waals surface area contributed by atoms with E-state index in [4.69, 9.17) is 20.9 Å². The number of aromatic hydroxyl groups is 1. The molecule has 0 bridgehead atoms. The van der Waals surface area contributed by atoms with Crippen LogP contribution in [0.2, 0.25) is 0 Å². The zero-order valence-corrected chi connectivity index (χ0v) is 8.91. The van der Waals surface area contributed by atoms with Gasteiger partial charge in [0.15, 0.2) is 0 Å². The molecule has 0 amide bonds.